The van der Waals surface area contributed by atoms with Gasteiger partial charge in [0.25, 0.3) is 17.5 Å². The van der Waals surface area contributed by atoms with Crippen molar-refractivity contribution < 1.29 is 24.0 Å². The minimum Gasteiger partial charge on any atom is -0.490 e. The molecule has 6 rings (SSSR count). The summed E-state index contributed by atoms with van der Waals surface area (Å²) >= 11 is 0. The summed E-state index contributed by atoms with van der Waals surface area (Å²) in [5, 5.41) is 10.9. The number of carbonyl (C=O) groups excluding carboxylic acids is 2. The molecule has 0 unspecified atom stereocenters. The number of amides is 2. The Morgan fingerprint density at radius 3 is 1.90 bits per heavy atom. The van der Waals surface area contributed by atoms with Crippen LogP contribution >= 0.6 is 0 Å². The molecule has 5 aromatic carbocycles. The van der Waals surface area contributed by atoms with Gasteiger partial charge in [-0.3, -0.25) is 19.7 Å². The molecule has 0 spiro atoms. The van der Waals surface area contributed by atoms with Gasteiger partial charge in [0, 0.05) is 61.9 Å². The van der Waals surface area contributed by atoms with Crippen molar-refractivity contribution in [3.63, 3.8) is 0 Å². The third-order valence-corrected chi connectivity index (χ3v) is 8.73. The monoisotopic (exact) mass is 655 g/mol. The predicted molar refractivity (Wildman–Crippen MR) is 189 cm³/mol. The smallest absolute Gasteiger partial charge is 0.269 e. The first-order valence-corrected chi connectivity index (χ1v) is 16.2. The van der Waals surface area contributed by atoms with E-state index in [1.807, 2.05) is 96.8 Å². The quantitative estimate of drug-likeness (QED) is 0.111. The predicted octanol–water partition coefficient (Wildman–Crippen LogP) is 8.11. The fourth-order valence-electron chi connectivity index (χ4n) is 5.74. The average Bonchev–Trinajstić information content (AvgIpc) is 3.14. The number of non-ortho nitro benzene ring substituents is 1. The molecule has 0 aromatic heterocycles. The molecule has 1 aliphatic heterocycles. The van der Waals surface area contributed by atoms with E-state index in [0.29, 0.717) is 30.9 Å². The van der Waals surface area contributed by atoms with Crippen LogP contribution in [0.25, 0.3) is 11.1 Å². The number of aryl methyl sites for hydroxylation is 1. The first-order valence-electron chi connectivity index (χ1n) is 16.2. The van der Waals surface area contributed by atoms with Crippen LogP contribution in [0.4, 0.5) is 11.4 Å². The summed E-state index contributed by atoms with van der Waals surface area (Å²) in [5.41, 5.74) is 5.89. The second-order valence-electron chi connectivity index (χ2n) is 12.1. The fourth-order valence-corrected chi connectivity index (χ4v) is 5.74. The first-order chi connectivity index (χ1) is 23.7. The molecule has 9 heteroatoms. The zero-order valence-electron chi connectivity index (χ0n) is 27.5. The maximum absolute atomic E-state index is 13.0. The molecule has 5 aromatic rings. The molecule has 1 fully saturated rings. The third kappa shape index (κ3) is 8.13. The van der Waals surface area contributed by atoms with Crippen LogP contribution in [0.15, 0.2) is 121 Å². The van der Waals surface area contributed by atoms with Gasteiger partial charge in [0.05, 0.1) is 4.92 Å². The van der Waals surface area contributed by atoms with Crippen molar-refractivity contribution >= 4 is 23.2 Å². The van der Waals surface area contributed by atoms with Gasteiger partial charge in [0.2, 0.25) is 0 Å². The molecule has 1 saturated heterocycles. The Balaban J connectivity index is 0.958. The lowest BCUT2D eigenvalue weighted by Crippen LogP contribution is -2.41. The van der Waals surface area contributed by atoms with E-state index in [-0.39, 0.29) is 23.6 Å². The minimum atomic E-state index is -0.469. The molecule has 2 amide bonds. The minimum absolute atomic E-state index is 0.0248. The number of anilines is 1. The molecule has 0 atom stereocenters. The number of ether oxygens (including phenoxy) is 2. The molecule has 0 bridgehead atoms. The number of hydrogen-bond acceptors (Lipinski definition) is 6. The Hall–Kier alpha value is -5.96. The summed E-state index contributed by atoms with van der Waals surface area (Å²) in [7, 11) is 1.64. The molecule has 49 heavy (non-hydrogen) atoms. The van der Waals surface area contributed by atoms with Gasteiger partial charge in [0.15, 0.2) is 0 Å². The highest BCUT2D eigenvalue weighted by Gasteiger charge is 2.25. The van der Waals surface area contributed by atoms with E-state index in [2.05, 4.69) is 0 Å². The van der Waals surface area contributed by atoms with Gasteiger partial charge < -0.3 is 19.3 Å². The Morgan fingerprint density at radius 1 is 0.755 bits per heavy atom. The molecule has 0 N–H and O–H groups in total. The van der Waals surface area contributed by atoms with E-state index < -0.39 is 4.92 Å². The van der Waals surface area contributed by atoms with E-state index in [9.17, 15) is 19.7 Å². The highest BCUT2D eigenvalue weighted by atomic mass is 16.6. The zero-order valence-corrected chi connectivity index (χ0v) is 27.5. The lowest BCUT2D eigenvalue weighted by molar-refractivity contribution is -0.384. The highest BCUT2D eigenvalue weighted by Crippen LogP contribution is 2.26. The number of likely N-dealkylation sites (tertiary alicyclic amines) is 1. The third-order valence-electron chi connectivity index (χ3n) is 8.73. The van der Waals surface area contributed by atoms with Crippen LogP contribution in [0, 0.1) is 17.0 Å². The molecular weight excluding hydrogens is 618 g/mol. The van der Waals surface area contributed by atoms with Crippen LogP contribution in [0.3, 0.4) is 0 Å². The van der Waals surface area contributed by atoms with Crippen LogP contribution in [-0.2, 0) is 6.61 Å². The number of nitro benzene ring substituents is 1. The van der Waals surface area contributed by atoms with E-state index in [1.165, 1.54) is 17.0 Å². The SMILES string of the molecule is Cc1ccc(C(=O)N2CCC(Oc3ccc(COc4ccc(-c5ccc(C(=O)N(C)c6ccc([N+](=O)[O-])cc6)cc5)cc4)cc3)CC2)cc1. The molecule has 248 valence electrons. The van der Waals surface area contributed by atoms with Crippen LogP contribution < -0.4 is 14.4 Å². The molecule has 9 nitrogen and oxygen atoms in total. The number of benzene rings is 5. The summed E-state index contributed by atoms with van der Waals surface area (Å²) in [5.74, 6) is 1.42. The normalized spacial score (nSPS) is 13.1. The highest BCUT2D eigenvalue weighted by molar-refractivity contribution is 6.06. The fraction of sp³-hybridized carbons (Fsp3) is 0.200. The zero-order chi connectivity index (χ0) is 34.3. The lowest BCUT2D eigenvalue weighted by atomic mass is 10.0. The summed E-state index contributed by atoms with van der Waals surface area (Å²) in [4.78, 5) is 39.6. The van der Waals surface area contributed by atoms with Crippen molar-refractivity contribution in [1.82, 2.24) is 4.90 Å². The summed E-state index contributed by atoms with van der Waals surface area (Å²) in [6.07, 6.45) is 1.66. The maximum Gasteiger partial charge on any atom is 0.269 e. The van der Waals surface area contributed by atoms with Crippen LogP contribution in [-0.4, -0.2) is 47.9 Å². The van der Waals surface area contributed by atoms with Gasteiger partial charge in [-0.1, -0.05) is 54.1 Å². The standard InChI is InChI=1S/C40H37N3O6/c1-28-3-7-33(8-4-28)40(45)42-25-23-38(24-26-42)49-37-19-5-29(6-20-37)27-48-36-21-13-31(14-22-36)30-9-11-32(12-10-30)39(44)41(2)34-15-17-35(18-16-34)43(46)47/h3-22,38H,23-27H2,1-2H3. The number of nitrogens with zero attached hydrogens (tertiary/aromatic N) is 3. The number of rotatable bonds is 10. The number of hydrogen-bond donors (Lipinski definition) is 0. The largest absolute Gasteiger partial charge is 0.490 e. The van der Waals surface area contributed by atoms with Gasteiger partial charge in [-0.2, -0.15) is 0 Å². The molecular formula is C40H37N3O6. The van der Waals surface area contributed by atoms with E-state index in [1.54, 1.807) is 31.3 Å². The Labute approximate surface area is 285 Å². The maximum atomic E-state index is 13.0. The van der Waals surface area contributed by atoms with Crippen molar-refractivity contribution in [2.75, 3.05) is 25.0 Å². The van der Waals surface area contributed by atoms with Crippen molar-refractivity contribution in [1.29, 1.82) is 0 Å². The van der Waals surface area contributed by atoms with E-state index in [0.717, 1.165) is 52.2 Å². The molecule has 1 heterocycles. The van der Waals surface area contributed by atoms with Crippen molar-refractivity contribution in [2.24, 2.45) is 0 Å². The second-order valence-corrected chi connectivity index (χ2v) is 12.1. The van der Waals surface area contributed by atoms with Gasteiger partial charge in [-0.05, 0) is 84.3 Å². The van der Waals surface area contributed by atoms with Gasteiger partial charge >= 0.3 is 0 Å². The molecule has 0 aliphatic carbocycles. The average molecular weight is 656 g/mol. The van der Waals surface area contributed by atoms with Crippen molar-refractivity contribution in [3.8, 4) is 22.6 Å². The number of nitro groups is 1. The number of piperidine rings is 1. The Bertz CT molecular complexity index is 1900. The Morgan fingerprint density at radius 2 is 1.31 bits per heavy atom. The van der Waals surface area contributed by atoms with Crippen LogP contribution in [0.1, 0.15) is 44.7 Å². The molecule has 0 saturated carbocycles. The summed E-state index contributed by atoms with van der Waals surface area (Å²) < 4.78 is 12.2. The lowest BCUT2D eigenvalue weighted by Gasteiger charge is -2.32. The van der Waals surface area contributed by atoms with Crippen LogP contribution in [0.5, 0.6) is 11.5 Å². The molecule has 0 radical (unpaired) electrons. The van der Waals surface area contributed by atoms with Crippen LogP contribution in [0.2, 0.25) is 0 Å². The van der Waals surface area contributed by atoms with E-state index in [4.69, 9.17) is 9.47 Å². The van der Waals surface area contributed by atoms with E-state index >= 15 is 0 Å². The number of carbonyl (C=O) groups is 2. The topological polar surface area (TPSA) is 102 Å². The second kappa shape index (κ2) is 14.9. The van der Waals surface area contributed by atoms with Gasteiger partial charge in [0.1, 0.15) is 24.2 Å². The molecule has 1 aliphatic rings. The summed E-state index contributed by atoms with van der Waals surface area (Å²) in [6.45, 7) is 3.78. The van der Waals surface area contributed by atoms with Crippen molar-refractivity contribution in [3.05, 3.63) is 154 Å². The summed E-state index contributed by atoms with van der Waals surface area (Å²) in [6, 6.07) is 36.7. The first kappa shape index (κ1) is 33.0. The van der Waals surface area contributed by atoms with Gasteiger partial charge in [-0.25, -0.2) is 0 Å². The Kier molecular flexibility index (Phi) is 9.99. The van der Waals surface area contributed by atoms with Crippen molar-refractivity contribution in [2.45, 2.75) is 32.5 Å². The van der Waals surface area contributed by atoms with Gasteiger partial charge in [-0.15, -0.1) is 0 Å².